The number of aromatic nitrogens is 1. The molecule has 1 fully saturated rings. The Kier molecular flexibility index (Phi) is 11.3. The molecule has 0 radical (unpaired) electrons. The number of thioether (sulfide) groups is 1. The molecule has 2 heterocycles. The fourth-order valence-electron chi connectivity index (χ4n) is 5.29. The molecule has 4 nitrogen and oxygen atoms in total. The van der Waals surface area contributed by atoms with Crippen molar-refractivity contribution in [3.8, 4) is 0 Å². The molecule has 1 atom stereocenters. The number of halogens is 2. The van der Waals surface area contributed by atoms with Crippen molar-refractivity contribution < 1.29 is 44.6 Å². The van der Waals surface area contributed by atoms with E-state index >= 15 is 0 Å². The molecule has 0 saturated heterocycles. The summed E-state index contributed by atoms with van der Waals surface area (Å²) in [5.74, 6) is 0.826. The van der Waals surface area contributed by atoms with Crippen LogP contribution in [-0.4, -0.2) is 27.6 Å². The fraction of sp³-hybridized carbons (Fsp3) is 0.333. The number of thiophene rings is 1. The number of carboxylic acid groups (broad SMARTS) is 1. The van der Waals surface area contributed by atoms with Gasteiger partial charge >= 0.3 is 29.6 Å². The zero-order valence-electron chi connectivity index (χ0n) is 24.0. The van der Waals surface area contributed by atoms with Gasteiger partial charge in [-0.15, -0.1) is 11.3 Å². The second-order valence-corrected chi connectivity index (χ2v) is 14.5. The minimum atomic E-state index is -0.984. The number of fused-ring (bicyclic) bond motifs is 1. The number of carbonyl (C=O) groups excluding carboxylic acids is 1. The number of rotatable bonds is 12. The molecular weight excluding hydrogens is 616 g/mol. The molecule has 0 amide bonds. The summed E-state index contributed by atoms with van der Waals surface area (Å²) in [5, 5.41) is 22.7. The summed E-state index contributed by atoms with van der Waals surface area (Å²) in [7, 11) is 0. The molecular formula is C33H32Cl2NNaO3S2. The average molecular weight is 649 g/mol. The van der Waals surface area contributed by atoms with Gasteiger partial charge in [0, 0.05) is 11.9 Å². The Morgan fingerprint density at radius 3 is 2.62 bits per heavy atom. The van der Waals surface area contributed by atoms with E-state index in [4.69, 9.17) is 23.2 Å². The quantitative estimate of drug-likeness (QED) is 0.169. The van der Waals surface area contributed by atoms with E-state index in [-0.39, 0.29) is 47.3 Å². The predicted molar refractivity (Wildman–Crippen MR) is 172 cm³/mol. The van der Waals surface area contributed by atoms with Crippen LogP contribution >= 0.6 is 46.3 Å². The van der Waals surface area contributed by atoms with Gasteiger partial charge in [-0.2, -0.15) is 11.8 Å². The van der Waals surface area contributed by atoms with Crippen molar-refractivity contribution >= 4 is 74.6 Å². The van der Waals surface area contributed by atoms with Gasteiger partial charge in [0.2, 0.25) is 0 Å². The summed E-state index contributed by atoms with van der Waals surface area (Å²) in [6, 6.07) is 20.5. The van der Waals surface area contributed by atoms with Gasteiger partial charge in [-0.25, -0.2) is 4.98 Å². The van der Waals surface area contributed by atoms with Crippen LogP contribution in [0, 0.1) is 5.41 Å². The monoisotopic (exact) mass is 647 g/mol. The summed E-state index contributed by atoms with van der Waals surface area (Å²) in [6.45, 7) is 3.65. The van der Waals surface area contributed by atoms with Gasteiger partial charge < -0.3 is 15.0 Å². The Balaban J connectivity index is 0.00000405. The minimum Gasteiger partial charge on any atom is -0.550 e. The molecule has 214 valence electrons. The zero-order chi connectivity index (χ0) is 29.2. The van der Waals surface area contributed by atoms with Gasteiger partial charge in [-0.3, -0.25) is 0 Å². The van der Waals surface area contributed by atoms with Crippen LogP contribution in [0.1, 0.15) is 73.4 Å². The van der Waals surface area contributed by atoms with Crippen LogP contribution in [0.2, 0.25) is 9.36 Å². The maximum absolute atomic E-state index is 11.2. The van der Waals surface area contributed by atoms with Crippen LogP contribution in [-0.2, 0) is 10.4 Å². The molecule has 5 rings (SSSR count). The number of nitrogens with zero attached hydrogens (tertiary/aromatic N) is 1. The number of benzene rings is 2. The first-order chi connectivity index (χ1) is 19.5. The maximum Gasteiger partial charge on any atom is 1.00 e. The summed E-state index contributed by atoms with van der Waals surface area (Å²) in [6.07, 6.45) is 6.95. The fourth-order valence-corrected chi connectivity index (χ4v) is 8.08. The van der Waals surface area contributed by atoms with E-state index in [2.05, 4.69) is 35.3 Å². The Morgan fingerprint density at radius 1 is 1.14 bits per heavy atom. The Morgan fingerprint density at radius 2 is 1.90 bits per heavy atom. The third-order valence-corrected chi connectivity index (χ3v) is 10.9. The molecule has 0 spiro atoms. The van der Waals surface area contributed by atoms with Gasteiger partial charge in [0.25, 0.3) is 0 Å². The first kappa shape index (κ1) is 33.5. The van der Waals surface area contributed by atoms with Gasteiger partial charge in [0.05, 0.1) is 21.0 Å². The third-order valence-electron chi connectivity index (χ3n) is 7.65. The van der Waals surface area contributed by atoms with Crippen molar-refractivity contribution in [2.24, 2.45) is 5.41 Å². The van der Waals surface area contributed by atoms with E-state index in [1.54, 1.807) is 0 Å². The predicted octanol–water partition coefficient (Wildman–Crippen LogP) is 5.18. The number of carbonyl (C=O) groups is 1. The van der Waals surface area contributed by atoms with Crippen LogP contribution in [0.4, 0.5) is 0 Å². The second kappa shape index (κ2) is 14.2. The largest absolute Gasteiger partial charge is 1.00 e. The molecule has 9 heteroatoms. The van der Waals surface area contributed by atoms with Crippen LogP contribution in [0.3, 0.4) is 0 Å². The summed E-state index contributed by atoms with van der Waals surface area (Å²) in [5.41, 5.74) is 4.66. The molecule has 1 aliphatic carbocycles. The molecule has 0 bridgehead atoms. The average Bonchev–Trinajstić information content (AvgIpc) is 3.63. The summed E-state index contributed by atoms with van der Waals surface area (Å²) < 4.78 is 1.50. The number of pyridine rings is 1. The van der Waals surface area contributed by atoms with Gasteiger partial charge in [-0.05, 0) is 96.9 Å². The van der Waals surface area contributed by atoms with Gasteiger partial charge in [0.15, 0.2) is 0 Å². The Hall–Kier alpha value is -1.35. The van der Waals surface area contributed by atoms with E-state index < -0.39 is 11.6 Å². The molecule has 4 aromatic rings. The number of aliphatic hydroxyl groups is 1. The Labute approximate surface area is 287 Å². The normalized spacial score (nSPS) is 15.1. The van der Waals surface area contributed by atoms with Crippen molar-refractivity contribution in [1.29, 1.82) is 0 Å². The maximum atomic E-state index is 11.2. The molecule has 0 unspecified atom stereocenters. The first-order valence-corrected chi connectivity index (χ1v) is 16.4. The molecule has 2 aromatic heterocycles. The summed E-state index contributed by atoms with van der Waals surface area (Å²) in [4.78, 5) is 15.9. The van der Waals surface area contributed by atoms with Crippen molar-refractivity contribution in [2.75, 3.05) is 11.5 Å². The van der Waals surface area contributed by atoms with Crippen LogP contribution < -0.4 is 34.7 Å². The number of hydrogen-bond donors (Lipinski definition) is 1. The molecule has 2 aromatic carbocycles. The van der Waals surface area contributed by atoms with Crippen LogP contribution in [0.15, 0.2) is 60.7 Å². The summed E-state index contributed by atoms with van der Waals surface area (Å²) >= 11 is 15.8. The van der Waals surface area contributed by atoms with Crippen molar-refractivity contribution in [3.63, 3.8) is 0 Å². The first-order valence-electron chi connectivity index (χ1n) is 13.7. The van der Waals surface area contributed by atoms with E-state index in [0.717, 1.165) is 63.4 Å². The van der Waals surface area contributed by atoms with Crippen molar-refractivity contribution in [3.05, 3.63) is 98.0 Å². The SMILES string of the molecule is CC(C)(O)c1ccccc1[C@H](CCSCC1(CC(=O)[O-])CC1)c1cccc(C=Cc2ccc3sc(Cl)c(Cl)c3n2)c1.[Na+]. The molecule has 1 aliphatic rings. The van der Waals surface area contributed by atoms with Crippen LogP contribution in [0.25, 0.3) is 22.4 Å². The van der Waals surface area contributed by atoms with E-state index in [0.29, 0.717) is 14.9 Å². The number of carboxylic acids is 1. The van der Waals surface area contributed by atoms with Gasteiger partial charge in [-0.1, -0.05) is 77.8 Å². The second-order valence-electron chi connectivity index (χ2n) is 11.4. The van der Waals surface area contributed by atoms with Crippen LogP contribution in [0.5, 0.6) is 0 Å². The Bertz CT molecular complexity index is 1590. The van der Waals surface area contributed by atoms with E-state index in [1.807, 2.05) is 68.1 Å². The van der Waals surface area contributed by atoms with Crippen molar-refractivity contribution in [2.45, 2.75) is 51.0 Å². The van der Waals surface area contributed by atoms with E-state index in [9.17, 15) is 15.0 Å². The minimum absolute atomic E-state index is 0. The zero-order valence-corrected chi connectivity index (χ0v) is 29.2. The number of aliphatic carboxylic acids is 1. The van der Waals surface area contributed by atoms with Crippen molar-refractivity contribution in [1.82, 2.24) is 4.98 Å². The topological polar surface area (TPSA) is 73.2 Å². The number of hydrogen-bond acceptors (Lipinski definition) is 6. The van der Waals surface area contributed by atoms with Gasteiger partial charge in [0.1, 0.15) is 9.85 Å². The smallest absolute Gasteiger partial charge is 0.550 e. The third kappa shape index (κ3) is 8.22. The standard InChI is InChI=1S/C33H33Cl2NO3S2.Na/c1-32(2,39)26-9-4-3-8-25(26)24(14-17-40-20-33(15-16-33)19-28(37)38)22-7-5-6-21(18-22)10-11-23-12-13-27-30(36-23)29(34)31(35)41-27;/h3-13,18,24,39H,14-17,19-20H2,1-2H3,(H,37,38);/q;+1/p-1/t24-;/m1./s1. The van der Waals surface area contributed by atoms with E-state index in [1.165, 1.54) is 11.3 Å². The molecule has 1 N–H and O–H groups in total. The molecule has 0 aliphatic heterocycles. The molecule has 1 saturated carbocycles. The molecule has 42 heavy (non-hydrogen) atoms.